The zero-order valence-corrected chi connectivity index (χ0v) is 15.1. The molecule has 1 amide bonds. The van der Waals surface area contributed by atoms with Crippen LogP contribution in [0, 0.1) is 13.8 Å². The minimum absolute atomic E-state index is 0.150. The van der Waals surface area contributed by atoms with Gasteiger partial charge in [0.15, 0.2) is 4.34 Å². The van der Waals surface area contributed by atoms with Crippen molar-refractivity contribution in [1.29, 1.82) is 0 Å². The molecule has 2 aromatic heterocycles. The van der Waals surface area contributed by atoms with Crippen molar-refractivity contribution >= 4 is 45.5 Å². The highest BCUT2D eigenvalue weighted by Gasteiger charge is 2.11. The van der Waals surface area contributed by atoms with Crippen molar-refractivity contribution in [1.82, 2.24) is 10.2 Å². The molecule has 3 rings (SSSR count). The number of aromatic nitrogens is 2. The highest BCUT2D eigenvalue weighted by atomic mass is 32.2. The van der Waals surface area contributed by atoms with Gasteiger partial charge >= 0.3 is 0 Å². The first-order valence-corrected chi connectivity index (χ1v) is 9.66. The Morgan fingerprint density at radius 3 is 2.70 bits per heavy atom. The van der Waals surface area contributed by atoms with Gasteiger partial charge in [0.05, 0.1) is 0 Å². The van der Waals surface area contributed by atoms with E-state index in [-0.39, 0.29) is 5.91 Å². The van der Waals surface area contributed by atoms with Crippen molar-refractivity contribution in [3.63, 3.8) is 0 Å². The molecule has 0 aliphatic carbocycles. The van der Waals surface area contributed by atoms with Gasteiger partial charge in [-0.05, 0) is 37.4 Å². The summed E-state index contributed by atoms with van der Waals surface area (Å²) in [5.41, 5.74) is 2.78. The Labute approximate surface area is 147 Å². The minimum Gasteiger partial charge on any atom is -0.296 e. The van der Waals surface area contributed by atoms with Crippen LogP contribution in [-0.2, 0) is 5.75 Å². The number of benzene rings is 1. The lowest BCUT2D eigenvalue weighted by Crippen LogP contribution is -2.12. The van der Waals surface area contributed by atoms with Crippen LogP contribution in [0.3, 0.4) is 0 Å². The third-order valence-corrected chi connectivity index (χ3v) is 6.11. The van der Waals surface area contributed by atoms with Crippen molar-refractivity contribution in [2.75, 3.05) is 5.32 Å². The van der Waals surface area contributed by atoms with E-state index < -0.39 is 0 Å². The molecule has 0 radical (unpaired) electrons. The average molecular weight is 362 g/mol. The largest absolute Gasteiger partial charge is 0.296 e. The molecule has 0 bridgehead atoms. The molecule has 0 unspecified atom stereocenters. The van der Waals surface area contributed by atoms with Gasteiger partial charge in [0.1, 0.15) is 0 Å². The first kappa shape index (κ1) is 16.2. The summed E-state index contributed by atoms with van der Waals surface area (Å²) < 4.78 is 0.856. The summed E-state index contributed by atoms with van der Waals surface area (Å²) >= 11 is 4.76. The summed E-state index contributed by atoms with van der Waals surface area (Å²) in [7, 11) is 0. The van der Waals surface area contributed by atoms with Crippen molar-refractivity contribution in [3.8, 4) is 0 Å². The van der Waals surface area contributed by atoms with Gasteiger partial charge in [0.2, 0.25) is 5.13 Å². The van der Waals surface area contributed by atoms with E-state index >= 15 is 0 Å². The number of hydrogen-bond acceptors (Lipinski definition) is 6. The number of carbonyl (C=O) groups excluding carboxylic acids is 1. The molecule has 3 aromatic rings. The lowest BCUT2D eigenvalue weighted by Gasteiger charge is -2.04. The van der Waals surface area contributed by atoms with Gasteiger partial charge in [0, 0.05) is 16.2 Å². The summed E-state index contributed by atoms with van der Waals surface area (Å²) in [6.07, 6.45) is 0. The highest BCUT2D eigenvalue weighted by Crippen LogP contribution is 2.29. The maximum atomic E-state index is 12.3. The third-order valence-electron chi connectivity index (χ3n) is 3.03. The number of nitrogens with one attached hydrogen (secondary N) is 1. The second-order valence-electron chi connectivity index (χ2n) is 5.07. The normalized spacial score (nSPS) is 10.7. The van der Waals surface area contributed by atoms with E-state index in [0.29, 0.717) is 10.7 Å². The van der Waals surface area contributed by atoms with Crippen LogP contribution in [0.2, 0.25) is 0 Å². The number of thiophene rings is 1. The molecule has 1 aromatic carbocycles. The van der Waals surface area contributed by atoms with Crippen LogP contribution in [0.4, 0.5) is 5.13 Å². The highest BCUT2D eigenvalue weighted by molar-refractivity contribution is 8.00. The Kier molecular flexibility index (Phi) is 5.09. The van der Waals surface area contributed by atoms with E-state index in [0.717, 1.165) is 21.2 Å². The van der Waals surface area contributed by atoms with Crippen molar-refractivity contribution < 1.29 is 4.79 Å². The van der Waals surface area contributed by atoms with Gasteiger partial charge in [-0.25, -0.2) is 0 Å². The van der Waals surface area contributed by atoms with Crippen LogP contribution >= 0.6 is 34.4 Å². The van der Waals surface area contributed by atoms with E-state index in [4.69, 9.17) is 0 Å². The van der Waals surface area contributed by atoms with Crippen LogP contribution in [0.1, 0.15) is 26.4 Å². The molecule has 7 heteroatoms. The second-order valence-corrected chi connectivity index (χ2v) is 8.30. The predicted octanol–water partition coefficient (Wildman–Crippen LogP) is 4.76. The van der Waals surface area contributed by atoms with Gasteiger partial charge in [-0.1, -0.05) is 46.4 Å². The Hall–Kier alpha value is -1.70. The quantitative estimate of drug-likeness (QED) is 0.526. The molecule has 0 fully saturated rings. The van der Waals surface area contributed by atoms with E-state index in [1.54, 1.807) is 23.1 Å². The minimum atomic E-state index is -0.150. The zero-order chi connectivity index (χ0) is 16.2. The molecule has 0 saturated heterocycles. The van der Waals surface area contributed by atoms with Gasteiger partial charge in [0.25, 0.3) is 5.91 Å². The fourth-order valence-corrected chi connectivity index (χ4v) is 4.64. The summed E-state index contributed by atoms with van der Waals surface area (Å²) in [5, 5.41) is 13.6. The Balaban J connectivity index is 1.63. The van der Waals surface area contributed by atoms with Crippen LogP contribution < -0.4 is 5.32 Å². The Morgan fingerprint density at radius 1 is 1.22 bits per heavy atom. The number of hydrogen-bond donors (Lipinski definition) is 1. The van der Waals surface area contributed by atoms with Gasteiger partial charge < -0.3 is 0 Å². The van der Waals surface area contributed by atoms with Crippen LogP contribution in [-0.4, -0.2) is 16.1 Å². The molecule has 0 saturated carbocycles. The van der Waals surface area contributed by atoms with Gasteiger partial charge in [-0.15, -0.1) is 21.5 Å². The summed E-state index contributed by atoms with van der Waals surface area (Å²) in [5.74, 6) is 0.722. The fourth-order valence-electron chi connectivity index (χ4n) is 2.12. The molecule has 1 N–H and O–H groups in total. The van der Waals surface area contributed by atoms with Crippen molar-refractivity contribution in [2.24, 2.45) is 0 Å². The lowest BCUT2D eigenvalue weighted by molar-refractivity contribution is 0.102. The molecule has 0 aliphatic heterocycles. The smallest absolute Gasteiger partial charge is 0.257 e. The first-order valence-electron chi connectivity index (χ1n) is 6.98. The number of nitrogens with zero attached hydrogens (tertiary/aromatic N) is 2. The molecular weight excluding hydrogens is 346 g/mol. The predicted molar refractivity (Wildman–Crippen MR) is 97.7 cm³/mol. The lowest BCUT2D eigenvalue weighted by atomic mass is 10.1. The Morgan fingerprint density at radius 2 is 2.00 bits per heavy atom. The topological polar surface area (TPSA) is 54.9 Å². The number of carbonyl (C=O) groups is 1. The van der Waals surface area contributed by atoms with E-state index in [1.165, 1.54) is 16.2 Å². The summed E-state index contributed by atoms with van der Waals surface area (Å²) in [4.78, 5) is 13.6. The average Bonchev–Trinajstić information content (AvgIpc) is 3.15. The van der Waals surface area contributed by atoms with E-state index in [9.17, 15) is 4.79 Å². The molecular formula is C16H15N3OS3. The maximum Gasteiger partial charge on any atom is 0.257 e. The number of anilines is 1. The molecule has 23 heavy (non-hydrogen) atoms. The molecule has 0 spiro atoms. The van der Waals surface area contributed by atoms with Crippen molar-refractivity contribution in [3.05, 3.63) is 57.3 Å². The molecule has 118 valence electrons. The maximum absolute atomic E-state index is 12.3. The van der Waals surface area contributed by atoms with Crippen LogP contribution in [0.25, 0.3) is 0 Å². The van der Waals surface area contributed by atoms with Crippen molar-refractivity contribution in [2.45, 2.75) is 23.9 Å². The molecule has 2 heterocycles. The van der Waals surface area contributed by atoms with E-state index in [1.807, 2.05) is 38.1 Å². The SMILES string of the molecule is Cc1cc(C)cc(C(=O)Nc2nnc(SCc3cccs3)s2)c1. The Bertz CT molecular complexity index is 792. The zero-order valence-electron chi connectivity index (χ0n) is 12.7. The fraction of sp³-hybridized carbons (Fsp3) is 0.188. The monoisotopic (exact) mass is 361 g/mol. The molecule has 0 atom stereocenters. The summed E-state index contributed by atoms with van der Waals surface area (Å²) in [6, 6.07) is 9.92. The third kappa shape index (κ3) is 4.40. The molecule has 0 aliphatic rings. The number of thioether (sulfide) groups is 1. The number of amides is 1. The van der Waals surface area contributed by atoms with Gasteiger partial charge in [-0.2, -0.15) is 0 Å². The van der Waals surface area contributed by atoms with Gasteiger partial charge in [-0.3, -0.25) is 10.1 Å². The molecule has 4 nitrogen and oxygen atoms in total. The first-order chi connectivity index (χ1) is 11.1. The standard InChI is InChI=1S/C16H15N3OS3/c1-10-6-11(2)8-12(7-10)14(20)17-15-18-19-16(23-15)22-9-13-4-3-5-21-13/h3-8H,9H2,1-2H3,(H,17,18,20). The van der Waals surface area contributed by atoms with Crippen LogP contribution in [0.5, 0.6) is 0 Å². The van der Waals surface area contributed by atoms with Crippen LogP contribution in [0.15, 0.2) is 40.1 Å². The summed E-state index contributed by atoms with van der Waals surface area (Å²) in [6.45, 7) is 3.96. The second kappa shape index (κ2) is 7.25. The number of rotatable bonds is 5. The van der Waals surface area contributed by atoms with E-state index in [2.05, 4.69) is 27.0 Å². The number of aryl methyl sites for hydroxylation is 2.